The third-order valence-corrected chi connectivity index (χ3v) is 4.39. The molecule has 2 fully saturated rings. The summed E-state index contributed by atoms with van der Waals surface area (Å²) in [5.74, 6) is 1.17. The quantitative estimate of drug-likeness (QED) is 0.811. The minimum absolute atomic E-state index is 0.0295. The van der Waals surface area contributed by atoms with E-state index in [2.05, 4.69) is 14.9 Å². The first-order valence-corrected chi connectivity index (χ1v) is 7.67. The van der Waals surface area contributed by atoms with Crippen LogP contribution in [0.4, 0.5) is 5.82 Å². The Morgan fingerprint density at radius 1 is 1.29 bits per heavy atom. The minimum atomic E-state index is 0.0295. The Hall–Kier alpha value is -1.69. The summed E-state index contributed by atoms with van der Waals surface area (Å²) in [5.41, 5.74) is 0. The van der Waals surface area contributed by atoms with E-state index in [9.17, 15) is 4.79 Å². The highest BCUT2D eigenvalue weighted by molar-refractivity contribution is 5.79. The highest BCUT2D eigenvalue weighted by atomic mass is 16.5. The molecule has 2 unspecified atom stereocenters. The number of piperazine rings is 1. The Labute approximate surface area is 125 Å². The van der Waals surface area contributed by atoms with Gasteiger partial charge in [-0.3, -0.25) is 9.78 Å². The number of aromatic nitrogens is 2. The Morgan fingerprint density at radius 2 is 2.10 bits per heavy atom. The maximum absolute atomic E-state index is 12.6. The fourth-order valence-electron chi connectivity index (χ4n) is 3.09. The summed E-state index contributed by atoms with van der Waals surface area (Å²) in [6.07, 6.45) is 7.13. The summed E-state index contributed by atoms with van der Waals surface area (Å²) in [6.45, 7) is 5.92. The molecule has 6 heteroatoms. The number of carbonyl (C=O) groups is 1. The lowest BCUT2D eigenvalue weighted by molar-refractivity contribution is -0.144. The minimum Gasteiger partial charge on any atom is -0.378 e. The highest BCUT2D eigenvalue weighted by Gasteiger charge is 2.33. The molecule has 2 atom stereocenters. The van der Waals surface area contributed by atoms with E-state index in [0.717, 1.165) is 51.4 Å². The molecule has 2 aliphatic rings. The molecular weight excluding hydrogens is 268 g/mol. The second-order valence-corrected chi connectivity index (χ2v) is 5.70. The van der Waals surface area contributed by atoms with E-state index >= 15 is 0 Å². The van der Waals surface area contributed by atoms with Gasteiger partial charge in [0.2, 0.25) is 5.91 Å². The van der Waals surface area contributed by atoms with Gasteiger partial charge < -0.3 is 14.5 Å². The van der Waals surface area contributed by atoms with E-state index in [-0.39, 0.29) is 17.9 Å². The lowest BCUT2D eigenvalue weighted by atomic mass is 9.93. The van der Waals surface area contributed by atoms with E-state index < -0.39 is 0 Å². The van der Waals surface area contributed by atoms with Crippen molar-refractivity contribution in [2.45, 2.75) is 25.9 Å². The van der Waals surface area contributed by atoms with Gasteiger partial charge in [0.1, 0.15) is 5.82 Å². The van der Waals surface area contributed by atoms with Gasteiger partial charge in [-0.2, -0.15) is 0 Å². The van der Waals surface area contributed by atoms with Gasteiger partial charge in [0.05, 0.1) is 18.2 Å². The fraction of sp³-hybridized carbons (Fsp3) is 0.667. The number of nitrogens with zero attached hydrogens (tertiary/aromatic N) is 4. The molecule has 0 bridgehead atoms. The zero-order valence-corrected chi connectivity index (χ0v) is 12.4. The first kappa shape index (κ1) is 14.3. The van der Waals surface area contributed by atoms with Crippen molar-refractivity contribution in [2.75, 3.05) is 37.7 Å². The van der Waals surface area contributed by atoms with Crippen LogP contribution in [0.5, 0.6) is 0 Å². The molecule has 2 aliphatic heterocycles. The van der Waals surface area contributed by atoms with Gasteiger partial charge in [0.25, 0.3) is 0 Å². The normalized spacial score (nSPS) is 26.7. The molecule has 0 aliphatic carbocycles. The van der Waals surface area contributed by atoms with Crippen molar-refractivity contribution in [3.05, 3.63) is 18.6 Å². The van der Waals surface area contributed by atoms with Crippen molar-refractivity contribution in [1.82, 2.24) is 14.9 Å². The topological polar surface area (TPSA) is 58.6 Å². The van der Waals surface area contributed by atoms with Crippen LogP contribution in [0.2, 0.25) is 0 Å². The van der Waals surface area contributed by atoms with Crippen molar-refractivity contribution in [3.8, 4) is 0 Å². The zero-order chi connectivity index (χ0) is 14.7. The molecule has 114 valence electrons. The van der Waals surface area contributed by atoms with Gasteiger partial charge >= 0.3 is 0 Å². The molecule has 0 aromatic carbocycles. The molecule has 6 nitrogen and oxygen atoms in total. The number of amides is 1. The van der Waals surface area contributed by atoms with Gasteiger partial charge in [-0.05, 0) is 19.8 Å². The predicted molar refractivity (Wildman–Crippen MR) is 79.0 cm³/mol. The van der Waals surface area contributed by atoms with Crippen LogP contribution >= 0.6 is 0 Å². The van der Waals surface area contributed by atoms with Crippen LogP contribution in [-0.2, 0) is 9.53 Å². The summed E-state index contributed by atoms with van der Waals surface area (Å²) >= 11 is 0. The Morgan fingerprint density at radius 3 is 2.76 bits per heavy atom. The lowest BCUT2D eigenvalue weighted by Gasteiger charge is -2.38. The molecule has 0 saturated carbocycles. The van der Waals surface area contributed by atoms with Crippen molar-refractivity contribution in [2.24, 2.45) is 5.92 Å². The summed E-state index contributed by atoms with van der Waals surface area (Å²) in [5, 5.41) is 0. The number of hydrogen-bond acceptors (Lipinski definition) is 5. The summed E-state index contributed by atoms with van der Waals surface area (Å²) < 4.78 is 5.62. The number of carbonyl (C=O) groups excluding carboxylic acids is 1. The molecule has 2 saturated heterocycles. The molecular formula is C15H22N4O2. The van der Waals surface area contributed by atoms with Gasteiger partial charge in [-0.25, -0.2) is 4.98 Å². The predicted octanol–water partition coefficient (Wildman–Crippen LogP) is 0.940. The number of rotatable bonds is 2. The number of ether oxygens (including phenoxy) is 1. The molecule has 0 radical (unpaired) electrons. The molecule has 1 aromatic heterocycles. The van der Waals surface area contributed by atoms with Gasteiger partial charge in [0.15, 0.2) is 0 Å². The largest absolute Gasteiger partial charge is 0.378 e. The Bertz CT molecular complexity index is 474. The maximum Gasteiger partial charge on any atom is 0.228 e. The third-order valence-electron chi connectivity index (χ3n) is 4.39. The van der Waals surface area contributed by atoms with E-state index in [1.54, 1.807) is 18.6 Å². The van der Waals surface area contributed by atoms with Crippen LogP contribution in [-0.4, -0.2) is 59.7 Å². The zero-order valence-electron chi connectivity index (χ0n) is 12.4. The molecule has 1 amide bonds. The third kappa shape index (κ3) is 3.15. The maximum atomic E-state index is 12.6. The number of anilines is 1. The van der Waals surface area contributed by atoms with Crippen LogP contribution in [0.1, 0.15) is 19.8 Å². The SMILES string of the molecule is CC1OCCCC1C(=O)N1CCN(c2cnccn2)CC1. The molecule has 3 rings (SSSR count). The van der Waals surface area contributed by atoms with Crippen LogP contribution in [0.25, 0.3) is 0 Å². The van der Waals surface area contributed by atoms with Crippen molar-refractivity contribution >= 4 is 11.7 Å². The first-order chi connectivity index (χ1) is 10.3. The number of hydrogen-bond donors (Lipinski definition) is 0. The van der Waals surface area contributed by atoms with Crippen molar-refractivity contribution in [1.29, 1.82) is 0 Å². The van der Waals surface area contributed by atoms with Gasteiger partial charge in [-0.15, -0.1) is 0 Å². The first-order valence-electron chi connectivity index (χ1n) is 7.67. The molecule has 0 spiro atoms. The standard InChI is InChI=1S/C15H22N4O2/c1-12-13(3-2-10-21-12)15(20)19-8-6-18(7-9-19)14-11-16-4-5-17-14/h4-5,11-13H,2-3,6-10H2,1H3. The average Bonchev–Trinajstić information content (AvgIpc) is 2.56. The van der Waals surface area contributed by atoms with E-state index in [4.69, 9.17) is 4.74 Å². The van der Waals surface area contributed by atoms with Crippen LogP contribution in [0, 0.1) is 5.92 Å². The molecule has 3 heterocycles. The smallest absolute Gasteiger partial charge is 0.228 e. The molecule has 1 aromatic rings. The second-order valence-electron chi connectivity index (χ2n) is 5.70. The van der Waals surface area contributed by atoms with E-state index in [0.29, 0.717) is 0 Å². The Kier molecular flexibility index (Phi) is 4.34. The van der Waals surface area contributed by atoms with E-state index in [1.165, 1.54) is 0 Å². The molecule has 21 heavy (non-hydrogen) atoms. The fourth-order valence-corrected chi connectivity index (χ4v) is 3.09. The second kappa shape index (κ2) is 6.39. The lowest BCUT2D eigenvalue weighted by Crippen LogP contribution is -2.52. The summed E-state index contributed by atoms with van der Waals surface area (Å²) in [7, 11) is 0. The Balaban J connectivity index is 1.57. The van der Waals surface area contributed by atoms with Crippen molar-refractivity contribution < 1.29 is 9.53 Å². The highest BCUT2D eigenvalue weighted by Crippen LogP contribution is 2.23. The van der Waals surface area contributed by atoms with Crippen LogP contribution in [0.3, 0.4) is 0 Å². The average molecular weight is 290 g/mol. The summed E-state index contributed by atoms with van der Waals surface area (Å²) in [4.78, 5) is 25.2. The van der Waals surface area contributed by atoms with E-state index in [1.807, 2.05) is 11.8 Å². The van der Waals surface area contributed by atoms with Crippen LogP contribution < -0.4 is 4.90 Å². The van der Waals surface area contributed by atoms with Crippen molar-refractivity contribution in [3.63, 3.8) is 0 Å². The molecule has 0 N–H and O–H groups in total. The van der Waals surface area contributed by atoms with Gasteiger partial charge in [-0.1, -0.05) is 0 Å². The summed E-state index contributed by atoms with van der Waals surface area (Å²) in [6, 6.07) is 0. The van der Waals surface area contributed by atoms with Crippen LogP contribution in [0.15, 0.2) is 18.6 Å². The monoisotopic (exact) mass is 290 g/mol. The van der Waals surface area contributed by atoms with Gasteiger partial charge in [0, 0.05) is 45.2 Å².